The number of carbonyl (C=O) groups excluding carboxylic acids is 2. The van der Waals surface area contributed by atoms with Crippen molar-refractivity contribution in [2.45, 2.75) is 37.8 Å². The minimum Gasteiger partial charge on any atom is -0.486 e. The minimum atomic E-state index is -1.02. The zero-order chi connectivity index (χ0) is 21.9. The van der Waals surface area contributed by atoms with Gasteiger partial charge in [0, 0.05) is 17.8 Å². The van der Waals surface area contributed by atoms with E-state index in [1.54, 1.807) is 42.5 Å². The van der Waals surface area contributed by atoms with Crippen LogP contribution >= 0.6 is 0 Å². The fourth-order valence-electron chi connectivity index (χ4n) is 4.26. The first-order chi connectivity index (χ1) is 15.7. The molecule has 2 aliphatic rings. The number of hydrogen-bond donors (Lipinski definition) is 1. The Morgan fingerprint density at radius 1 is 0.938 bits per heavy atom. The van der Waals surface area contributed by atoms with E-state index in [1.807, 2.05) is 0 Å². The second-order valence-corrected chi connectivity index (χ2v) is 7.89. The molecular formula is C24H24N2O6. The number of ether oxygens (including phenoxy) is 2. The summed E-state index contributed by atoms with van der Waals surface area (Å²) in [5.74, 6) is 0.812. The van der Waals surface area contributed by atoms with Crippen LogP contribution in [0, 0.1) is 0 Å². The first-order valence-corrected chi connectivity index (χ1v) is 10.8. The molecule has 8 nitrogen and oxygen atoms in total. The van der Waals surface area contributed by atoms with Gasteiger partial charge in [0.1, 0.15) is 19.0 Å². The Morgan fingerprint density at radius 2 is 1.69 bits per heavy atom. The Bertz CT molecular complexity index is 1070. The van der Waals surface area contributed by atoms with Crippen LogP contribution in [0.25, 0.3) is 0 Å². The van der Waals surface area contributed by atoms with Gasteiger partial charge in [-0.3, -0.25) is 14.5 Å². The average molecular weight is 436 g/mol. The number of carbonyl (C=O) groups is 2. The van der Waals surface area contributed by atoms with Crippen LogP contribution in [0.15, 0.2) is 63.8 Å². The van der Waals surface area contributed by atoms with Crippen LogP contribution in [0.1, 0.15) is 48.0 Å². The van der Waals surface area contributed by atoms with Gasteiger partial charge in [0.2, 0.25) is 0 Å². The van der Waals surface area contributed by atoms with Crippen molar-refractivity contribution in [2.24, 2.45) is 0 Å². The summed E-state index contributed by atoms with van der Waals surface area (Å²) in [6, 6.07) is 10.8. The lowest BCUT2D eigenvalue weighted by atomic mass is 10.1. The van der Waals surface area contributed by atoms with Gasteiger partial charge in [-0.1, -0.05) is 12.8 Å². The zero-order valence-corrected chi connectivity index (χ0v) is 17.5. The standard InChI is InChI=1S/C24H24N2O6/c27-23(25-16-5-1-2-6-16)22(19-7-3-11-29-19)26(24(28)20-8-4-12-30-20)17-9-10-18-21(15-17)32-14-13-31-18/h3-4,7-12,15-16,22H,1-2,5-6,13-14H2,(H,25,27). The number of rotatable bonds is 6. The summed E-state index contributed by atoms with van der Waals surface area (Å²) < 4.78 is 22.3. The molecule has 1 N–H and O–H groups in total. The molecule has 1 aromatic carbocycles. The third-order valence-corrected chi connectivity index (χ3v) is 5.78. The largest absolute Gasteiger partial charge is 0.486 e. The third-order valence-electron chi connectivity index (χ3n) is 5.78. The quantitative estimate of drug-likeness (QED) is 0.626. The van der Waals surface area contributed by atoms with Crippen LogP contribution in [0.2, 0.25) is 0 Å². The molecule has 1 saturated carbocycles. The first-order valence-electron chi connectivity index (χ1n) is 10.8. The molecule has 166 valence electrons. The highest BCUT2D eigenvalue weighted by Gasteiger charge is 2.38. The molecule has 1 aliphatic heterocycles. The number of benzene rings is 1. The highest BCUT2D eigenvalue weighted by atomic mass is 16.6. The van der Waals surface area contributed by atoms with Gasteiger partial charge in [0.15, 0.2) is 23.3 Å². The lowest BCUT2D eigenvalue weighted by molar-refractivity contribution is -0.123. The smallest absolute Gasteiger partial charge is 0.295 e. The predicted octanol–water partition coefficient (Wildman–Crippen LogP) is 4.09. The van der Waals surface area contributed by atoms with Gasteiger partial charge in [0.25, 0.3) is 11.8 Å². The summed E-state index contributed by atoms with van der Waals surface area (Å²) >= 11 is 0. The monoisotopic (exact) mass is 436 g/mol. The summed E-state index contributed by atoms with van der Waals surface area (Å²) in [5.41, 5.74) is 0.471. The molecule has 2 amide bonds. The SMILES string of the molecule is O=C(NC1CCCC1)C(c1ccco1)N(C(=O)c1ccco1)c1ccc2c(c1)OCCO2. The maximum atomic E-state index is 13.6. The van der Waals surface area contributed by atoms with Gasteiger partial charge >= 0.3 is 0 Å². The van der Waals surface area contributed by atoms with Crippen molar-refractivity contribution in [3.63, 3.8) is 0 Å². The summed E-state index contributed by atoms with van der Waals surface area (Å²) in [7, 11) is 0. The topological polar surface area (TPSA) is 94.2 Å². The maximum absolute atomic E-state index is 13.6. The molecule has 3 heterocycles. The number of furan rings is 2. The molecule has 3 aromatic rings. The molecule has 32 heavy (non-hydrogen) atoms. The Hall–Kier alpha value is -3.68. The molecule has 0 saturated heterocycles. The molecule has 0 radical (unpaired) electrons. The van der Waals surface area contributed by atoms with Crippen LogP contribution < -0.4 is 19.7 Å². The number of nitrogens with one attached hydrogen (secondary N) is 1. The highest BCUT2D eigenvalue weighted by Crippen LogP contribution is 2.38. The Kier molecular flexibility index (Phi) is 5.58. The summed E-state index contributed by atoms with van der Waals surface area (Å²) in [4.78, 5) is 28.5. The van der Waals surface area contributed by atoms with Crippen molar-refractivity contribution < 1.29 is 27.9 Å². The van der Waals surface area contributed by atoms with Gasteiger partial charge in [-0.2, -0.15) is 0 Å². The van der Waals surface area contributed by atoms with Crippen molar-refractivity contribution in [3.8, 4) is 11.5 Å². The fraction of sp³-hybridized carbons (Fsp3) is 0.333. The van der Waals surface area contributed by atoms with E-state index >= 15 is 0 Å². The molecule has 1 fully saturated rings. The number of nitrogens with zero attached hydrogens (tertiary/aromatic N) is 1. The molecule has 0 spiro atoms. The molecular weight excluding hydrogens is 412 g/mol. The first kappa shape index (κ1) is 20.2. The van der Waals surface area contributed by atoms with Gasteiger partial charge in [-0.15, -0.1) is 0 Å². The summed E-state index contributed by atoms with van der Waals surface area (Å²) in [6.07, 6.45) is 6.92. The van der Waals surface area contributed by atoms with E-state index < -0.39 is 11.9 Å². The van der Waals surface area contributed by atoms with Gasteiger partial charge in [-0.25, -0.2) is 0 Å². The van der Waals surface area contributed by atoms with Gasteiger partial charge in [0.05, 0.1) is 12.5 Å². The maximum Gasteiger partial charge on any atom is 0.295 e. The highest BCUT2D eigenvalue weighted by molar-refractivity contribution is 6.08. The molecule has 2 aromatic heterocycles. The molecule has 1 unspecified atom stereocenters. The predicted molar refractivity (Wildman–Crippen MR) is 115 cm³/mol. The van der Waals surface area contributed by atoms with Crippen LogP contribution in [-0.4, -0.2) is 31.1 Å². The lowest BCUT2D eigenvalue weighted by Crippen LogP contribution is -2.46. The van der Waals surface area contributed by atoms with E-state index in [9.17, 15) is 9.59 Å². The molecule has 1 atom stereocenters. The Labute approximate surface area is 185 Å². The second-order valence-electron chi connectivity index (χ2n) is 7.89. The van der Waals surface area contributed by atoms with Crippen molar-refractivity contribution in [2.75, 3.05) is 18.1 Å². The third kappa shape index (κ3) is 3.95. The number of hydrogen-bond acceptors (Lipinski definition) is 6. The Balaban J connectivity index is 1.57. The number of fused-ring (bicyclic) bond motifs is 1. The van der Waals surface area contributed by atoms with E-state index in [2.05, 4.69) is 5.32 Å². The van der Waals surface area contributed by atoms with E-state index in [4.69, 9.17) is 18.3 Å². The van der Waals surface area contributed by atoms with Crippen LogP contribution in [0.4, 0.5) is 5.69 Å². The average Bonchev–Trinajstić information content (AvgIpc) is 3.60. The van der Waals surface area contributed by atoms with Crippen LogP contribution in [-0.2, 0) is 4.79 Å². The molecule has 0 bridgehead atoms. The van der Waals surface area contributed by atoms with Gasteiger partial charge in [-0.05, 0) is 49.2 Å². The zero-order valence-electron chi connectivity index (χ0n) is 17.5. The van der Waals surface area contributed by atoms with Crippen molar-refractivity contribution in [1.82, 2.24) is 5.32 Å². The van der Waals surface area contributed by atoms with Crippen LogP contribution in [0.3, 0.4) is 0 Å². The number of amides is 2. The normalized spacial score (nSPS) is 16.5. The molecule has 8 heteroatoms. The Morgan fingerprint density at radius 3 is 2.41 bits per heavy atom. The summed E-state index contributed by atoms with van der Waals surface area (Å²) in [5, 5.41) is 3.10. The van der Waals surface area contributed by atoms with Crippen molar-refractivity contribution in [1.29, 1.82) is 0 Å². The molecule has 1 aliphatic carbocycles. The van der Waals surface area contributed by atoms with E-state index in [-0.39, 0.29) is 17.7 Å². The lowest BCUT2D eigenvalue weighted by Gasteiger charge is -2.31. The second kappa shape index (κ2) is 8.82. The fourth-order valence-corrected chi connectivity index (χ4v) is 4.26. The van der Waals surface area contributed by atoms with Crippen molar-refractivity contribution >= 4 is 17.5 Å². The number of anilines is 1. The van der Waals surface area contributed by atoms with E-state index in [0.717, 1.165) is 25.7 Å². The van der Waals surface area contributed by atoms with Crippen molar-refractivity contribution in [3.05, 3.63) is 66.5 Å². The molecule has 5 rings (SSSR count). The van der Waals surface area contributed by atoms with Crippen LogP contribution in [0.5, 0.6) is 11.5 Å². The minimum absolute atomic E-state index is 0.0841. The van der Waals surface area contributed by atoms with E-state index in [1.165, 1.54) is 17.4 Å². The van der Waals surface area contributed by atoms with Gasteiger partial charge < -0.3 is 23.6 Å². The summed E-state index contributed by atoms with van der Waals surface area (Å²) in [6.45, 7) is 0.868. The van der Waals surface area contributed by atoms with E-state index in [0.29, 0.717) is 36.2 Å².